The monoisotopic (exact) mass is 412 g/mol. The van der Waals surface area contributed by atoms with Gasteiger partial charge in [-0.1, -0.05) is 6.42 Å². The van der Waals surface area contributed by atoms with Gasteiger partial charge in [-0.2, -0.15) is 0 Å². The largest absolute Gasteiger partial charge is 0.454 e. The molecule has 1 aromatic carbocycles. The minimum atomic E-state index is -0.337. The van der Waals surface area contributed by atoms with Gasteiger partial charge in [0.1, 0.15) is 6.04 Å². The molecule has 2 aliphatic heterocycles. The molecule has 10 nitrogen and oxygen atoms in total. The summed E-state index contributed by atoms with van der Waals surface area (Å²) in [5.74, 6) is 1.97. The summed E-state index contributed by atoms with van der Waals surface area (Å²) in [6.07, 6.45) is 3.36. The van der Waals surface area contributed by atoms with E-state index in [0.717, 1.165) is 31.3 Å². The van der Waals surface area contributed by atoms with Crippen LogP contribution in [0.1, 0.15) is 36.7 Å². The van der Waals surface area contributed by atoms with Crippen molar-refractivity contribution in [3.8, 4) is 11.5 Å². The first-order valence-electron chi connectivity index (χ1n) is 10.2. The predicted molar refractivity (Wildman–Crippen MR) is 108 cm³/mol. The van der Waals surface area contributed by atoms with Crippen LogP contribution >= 0.6 is 0 Å². The number of nitrogens with one attached hydrogen (secondary N) is 1. The topological polar surface area (TPSA) is 107 Å². The van der Waals surface area contributed by atoms with Gasteiger partial charge in [-0.15, -0.1) is 5.10 Å². The molecule has 0 aliphatic carbocycles. The third-order valence-corrected chi connectivity index (χ3v) is 5.73. The van der Waals surface area contributed by atoms with Crippen LogP contribution in [-0.4, -0.2) is 63.7 Å². The summed E-state index contributed by atoms with van der Waals surface area (Å²) < 4.78 is 17.9. The first-order chi connectivity index (χ1) is 14.7. The zero-order valence-electron chi connectivity index (χ0n) is 16.8. The van der Waals surface area contributed by atoms with Crippen molar-refractivity contribution in [3.63, 3.8) is 0 Å². The number of tetrazole rings is 1. The molecule has 30 heavy (non-hydrogen) atoms. The molecule has 10 heteroatoms. The van der Waals surface area contributed by atoms with Crippen molar-refractivity contribution in [3.05, 3.63) is 39.9 Å². The van der Waals surface area contributed by atoms with Crippen LogP contribution in [0.2, 0.25) is 0 Å². The molecule has 3 aromatic rings. The van der Waals surface area contributed by atoms with E-state index in [-0.39, 0.29) is 18.4 Å². The second-order valence-electron chi connectivity index (χ2n) is 7.60. The van der Waals surface area contributed by atoms with E-state index in [4.69, 9.17) is 14.2 Å². The number of hydrogen-bond donors (Lipinski definition) is 1. The van der Waals surface area contributed by atoms with Crippen molar-refractivity contribution in [2.45, 2.75) is 31.8 Å². The van der Waals surface area contributed by atoms with Crippen LogP contribution in [0.25, 0.3) is 10.9 Å². The van der Waals surface area contributed by atoms with Crippen molar-refractivity contribution in [1.29, 1.82) is 0 Å². The van der Waals surface area contributed by atoms with Crippen LogP contribution in [-0.2, 0) is 11.3 Å². The number of pyridine rings is 1. The Morgan fingerprint density at radius 2 is 1.97 bits per heavy atom. The normalized spacial score (nSPS) is 17.5. The Morgan fingerprint density at radius 1 is 1.17 bits per heavy atom. The standard InChI is InChI=1S/C20H24N6O4/c1-28-8-7-26-19(22-23-24-26)18(25-5-3-2-4-6-25)14-9-13-10-16-17(30-12-29-16)11-15(13)21-20(14)27/h9-11,18H,2-8,12H2,1H3,(H,21,27). The number of aromatic amines is 1. The second-order valence-corrected chi connectivity index (χ2v) is 7.60. The van der Waals surface area contributed by atoms with Gasteiger partial charge in [0.2, 0.25) is 6.79 Å². The van der Waals surface area contributed by atoms with E-state index in [1.807, 2.05) is 12.1 Å². The fraction of sp³-hybridized carbons (Fsp3) is 0.500. The van der Waals surface area contributed by atoms with Crippen molar-refractivity contribution in [1.82, 2.24) is 30.1 Å². The maximum atomic E-state index is 13.2. The maximum absolute atomic E-state index is 13.2. The summed E-state index contributed by atoms with van der Waals surface area (Å²) in [4.78, 5) is 18.5. The number of likely N-dealkylation sites (tertiary alicyclic amines) is 1. The number of H-pyrrole nitrogens is 1. The molecular weight excluding hydrogens is 388 g/mol. The quantitative estimate of drug-likeness (QED) is 0.649. The van der Waals surface area contributed by atoms with E-state index in [1.165, 1.54) is 6.42 Å². The van der Waals surface area contributed by atoms with Gasteiger partial charge in [0, 0.05) is 24.1 Å². The Balaban J connectivity index is 1.63. The fourth-order valence-electron chi connectivity index (χ4n) is 4.24. The lowest BCUT2D eigenvalue weighted by Gasteiger charge is -2.33. The summed E-state index contributed by atoms with van der Waals surface area (Å²) in [6, 6.07) is 5.29. The minimum absolute atomic E-state index is 0.154. The third kappa shape index (κ3) is 3.41. The zero-order chi connectivity index (χ0) is 20.5. The van der Waals surface area contributed by atoms with E-state index in [9.17, 15) is 4.79 Å². The first kappa shape index (κ1) is 19.0. The molecule has 1 atom stereocenters. The molecule has 158 valence electrons. The summed E-state index contributed by atoms with van der Waals surface area (Å²) in [6.45, 7) is 2.98. The van der Waals surface area contributed by atoms with E-state index in [0.29, 0.717) is 41.6 Å². The SMILES string of the molecule is COCCn1nnnc1C(c1cc2cc3c(cc2[nH]c1=O)OCO3)N1CCCCC1. The number of nitrogens with zero attached hydrogens (tertiary/aromatic N) is 5. The number of hydrogen-bond acceptors (Lipinski definition) is 8. The molecule has 0 bridgehead atoms. The van der Waals surface area contributed by atoms with Crippen molar-refractivity contribution < 1.29 is 14.2 Å². The maximum Gasteiger partial charge on any atom is 0.253 e. The number of rotatable bonds is 6. The molecule has 0 radical (unpaired) electrons. The number of benzene rings is 1. The summed E-state index contributed by atoms with van der Waals surface area (Å²) >= 11 is 0. The summed E-state index contributed by atoms with van der Waals surface area (Å²) in [5.41, 5.74) is 1.18. The highest BCUT2D eigenvalue weighted by molar-refractivity contribution is 5.83. The molecule has 1 saturated heterocycles. The molecule has 1 N–H and O–H groups in total. The number of aromatic nitrogens is 5. The highest BCUT2D eigenvalue weighted by atomic mass is 16.7. The molecule has 2 aliphatic rings. The van der Waals surface area contributed by atoms with Crippen molar-refractivity contribution >= 4 is 10.9 Å². The van der Waals surface area contributed by atoms with Gasteiger partial charge >= 0.3 is 0 Å². The molecule has 0 spiro atoms. The van der Waals surface area contributed by atoms with E-state index < -0.39 is 0 Å². The van der Waals surface area contributed by atoms with Gasteiger partial charge in [-0.3, -0.25) is 9.69 Å². The van der Waals surface area contributed by atoms with Crippen molar-refractivity contribution in [2.24, 2.45) is 0 Å². The van der Waals surface area contributed by atoms with Gasteiger partial charge in [-0.05, 0) is 48.5 Å². The van der Waals surface area contributed by atoms with E-state index in [1.54, 1.807) is 17.9 Å². The summed E-state index contributed by atoms with van der Waals surface area (Å²) in [5, 5.41) is 13.2. The average Bonchev–Trinajstić information content (AvgIpc) is 3.41. The average molecular weight is 412 g/mol. The Morgan fingerprint density at radius 3 is 2.77 bits per heavy atom. The highest BCUT2D eigenvalue weighted by Crippen LogP contribution is 2.36. The second kappa shape index (κ2) is 8.04. The predicted octanol–water partition coefficient (Wildman–Crippen LogP) is 1.46. The van der Waals surface area contributed by atoms with Gasteiger partial charge in [0.15, 0.2) is 17.3 Å². The molecule has 0 amide bonds. The lowest BCUT2D eigenvalue weighted by molar-refractivity contribution is 0.163. The smallest absolute Gasteiger partial charge is 0.253 e. The van der Waals surface area contributed by atoms with Gasteiger partial charge in [0.25, 0.3) is 5.56 Å². The first-order valence-corrected chi connectivity index (χ1v) is 10.2. The Kier molecular flexibility index (Phi) is 5.09. The molecule has 4 heterocycles. The van der Waals surface area contributed by atoms with Crippen LogP contribution in [0, 0.1) is 0 Å². The fourth-order valence-corrected chi connectivity index (χ4v) is 4.24. The Hall–Kier alpha value is -2.98. The van der Waals surface area contributed by atoms with Crippen LogP contribution in [0.15, 0.2) is 23.0 Å². The molecule has 1 unspecified atom stereocenters. The highest BCUT2D eigenvalue weighted by Gasteiger charge is 2.31. The molecular formula is C20H24N6O4. The Bertz CT molecular complexity index is 1100. The molecule has 5 rings (SSSR count). The lowest BCUT2D eigenvalue weighted by atomic mass is 10.0. The number of piperidine rings is 1. The third-order valence-electron chi connectivity index (χ3n) is 5.73. The van der Waals surface area contributed by atoms with Crippen molar-refractivity contribution in [2.75, 3.05) is 33.6 Å². The van der Waals surface area contributed by atoms with Crippen LogP contribution in [0.4, 0.5) is 0 Å². The molecule has 0 saturated carbocycles. The van der Waals surface area contributed by atoms with Crippen LogP contribution in [0.5, 0.6) is 11.5 Å². The zero-order valence-corrected chi connectivity index (χ0v) is 16.8. The minimum Gasteiger partial charge on any atom is -0.454 e. The van der Waals surface area contributed by atoms with E-state index >= 15 is 0 Å². The van der Waals surface area contributed by atoms with Crippen LogP contribution < -0.4 is 15.0 Å². The number of ether oxygens (including phenoxy) is 3. The molecule has 1 fully saturated rings. The van der Waals surface area contributed by atoms with E-state index in [2.05, 4.69) is 25.4 Å². The Labute approximate surface area is 172 Å². The summed E-state index contributed by atoms with van der Waals surface area (Å²) in [7, 11) is 1.64. The van der Waals surface area contributed by atoms with Gasteiger partial charge in [0.05, 0.1) is 18.7 Å². The van der Waals surface area contributed by atoms with Gasteiger partial charge < -0.3 is 19.2 Å². The number of methoxy groups -OCH3 is 1. The van der Waals surface area contributed by atoms with Gasteiger partial charge in [-0.25, -0.2) is 4.68 Å². The lowest BCUT2D eigenvalue weighted by Crippen LogP contribution is -2.38. The molecule has 2 aromatic heterocycles. The van der Waals surface area contributed by atoms with Crippen LogP contribution in [0.3, 0.4) is 0 Å². The number of fused-ring (bicyclic) bond motifs is 2.